The fourth-order valence-electron chi connectivity index (χ4n) is 0.994. The van der Waals surface area contributed by atoms with Crippen molar-refractivity contribution in [3.05, 3.63) is 26.1 Å². The van der Waals surface area contributed by atoms with Gasteiger partial charge in [-0.25, -0.2) is 9.50 Å². The SMILES string of the molecule is Cc1nn2cc(Br)cnc2c1I. The molecule has 0 fully saturated rings. The molecule has 0 aromatic carbocycles. The predicted molar refractivity (Wildman–Crippen MR) is 58.1 cm³/mol. The molecule has 3 nitrogen and oxygen atoms in total. The minimum absolute atomic E-state index is 0.913. The van der Waals surface area contributed by atoms with E-state index >= 15 is 0 Å². The molecule has 0 N–H and O–H groups in total. The molecule has 0 saturated carbocycles. The Kier molecular flexibility index (Phi) is 2.07. The molecule has 0 bridgehead atoms. The molecule has 0 radical (unpaired) electrons. The lowest BCUT2D eigenvalue weighted by Gasteiger charge is -1.91. The minimum atomic E-state index is 0.913. The third kappa shape index (κ3) is 1.24. The number of hydrogen-bond donors (Lipinski definition) is 0. The van der Waals surface area contributed by atoms with E-state index in [1.54, 1.807) is 10.7 Å². The first-order valence-corrected chi connectivity index (χ1v) is 5.21. The van der Waals surface area contributed by atoms with Gasteiger partial charge in [-0.3, -0.25) is 0 Å². The molecular weight excluding hydrogens is 333 g/mol. The summed E-state index contributed by atoms with van der Waals surface area (Å²) < 4.78 is 3.83. The van der Waals surface area contributed by atoms with Gasteiger partial charge < -0.3 is 0 Å². The summed E-state index contributed by atoms with van der Waals surface area (Å²) in [5.74, 6) is 0. The van der Waals surface area contributed by atoms with E-state index in [4.69, 9.17) is 0 Å². The van der Waals surface area contributed by atoms with Gasteiger partial charge in [0.1, 0.15) is 0 Å². The van der Waals surface area contributed by atoms with Crippen LogP contribution in [-0.2, 0) is 0 Å². The monoisotopic (exact) mass is 337 g/mol. The maximum Gasteiger partial charge on any atom is 0.168 e. The zero-order chi connectivity index (χ0) is 8.72. The van der Waals surface area contributed by atoms with Crippen LogP contribution in [0, 0.1) is 10.5 Å². The van der Waals surface area contributed by atoms with Crippen molar-refractivity contribution in [3.63, 3.8) is 0 Å². The molecule has 0 saturated heterocycles. The van der Waals surface area contributed by atoms with Crippen LogP contribution < -0.4 is 0 Å². The number of halogens is 2. The zero-order valence-electron chi connectivity index (χ0n) is 6.25. The highest BCUT2D eigenvalue weighted by atomic mass is 127. The lowest BCUT2D eigenvalue weighted by atomic mass is 10.5. The largest absolute Gasteiger partial charge is 0.235 e. The third-order valence-corrected chi connectivity index (χ3v) is 3.22. The molecule has 2 aromatic heterocycles. The molecule has 0 spiro atoms. The smallest absolute Gasteiger partial charge is 0.168 e. The van der Waals surface area contributed by atoms with Gasteiger partial charge in [0.15, 0.2) is 5.65 Å². The van der Waals surface area contributed by atoms with E-state index in [9.17, 15) is 0 Å². The molecule has 62 valence electrons. The van der Waals surface area contributed by atoms with Crippen molar-refractivity contribution in [3.8, 4) is 0 Å². The van der Waals surface area contributed by atoms with Gasteiger partial charge in [-0.05, 0) is 45.4 Å². The first kappa shape index (κ1) is 8.43. The third-order valence-electron chi connectivity index (χ3n) is 1.54. The molecule has 0 aliphatic rings. The van der Waals surface area contributed by atoms with Gasteiger partial charge in [-0.1, -0.05) is 0 Å². The van der Waals surface area contributed by atoms with Crippen molar-refractivity contribution in [2.75, 3.05) is 0 Å². The van der Waals surface area contributed by atoms with Crippen LogP contribution in [0.1, 0.15) is 5.69 Å². The highest BCUT2D eigenvalue weighted by molar-refractivity contribution is 14.1. The van der Waals surface area contributed by atoms with Gasteiger partial charge in [0, 0.05) is 12.4 Å². The van der Waals surface area contributed by atoms with E-state index in [0.717, 1.165) is 19.4 Å². The summed E-state index contributed by atoms with van der Waals surface area (Å²) in [7, 11) is 0. The summed E-state index contributed by atoms with van der Waals surface area (Å²) in [4.78, 5) is 4.25. The van der Waals surface area contributed by atoms with Crippen molar-refractivity contribution in [1.82, 2.24) is 14.6 Å². The Morgan fingerprint density at radius 2 is 2.33 bits per heavy atom. The Hall–Kier alpha value is -0.170. The molecule has 5 heteroatoms. The van der Waals surface area contributed by atoms with Crippen molar-refractivity contribution < 1.29 is 0 Å². The molecule has 2 aromatic rings. The topological polar surface area (TPSA) is 30.2 Å². The molecule has 12 heavy (non-hydrogen) atoms. The van der Waals surface area contributed by atoms with Gasteiger partial charge in [0.25, 0.3) is 0 Å². The number of hydrogen-bond acceptors (Lipinski definition) is 2. The minimum Gasteiger partial charge on any atom is -0.235 e. The average molecular weight is 338 g/mol. The van der Waals surface area contributed by atoms with Gasteiger partial charge in [-0.2, -0.15) is 5.10 Å². The molecule has 2 rings (SSSR count). The van der Waals surface area contributed by atoms with Gasteiger partial charge in [-0.15, -0.1) is 0 Å². The van der Waals surface area contributed by atoms with Crippen molar-refractivity contribution in [2.24, 2.45) is 0 Å². The van der Waals surface area contributed by atoms with E-state index in [1.165, 1.54) is 0 Å². The molecule has 2 heterocycles. The van der Waals surface area contributed by atoms with Crippen LogP contribution in [0.2, 0.25) is 0 Å². The molecule has 0 aliphatic heterocycles. The lowest BCUT2D eigenvalue weighted by molar-refractivity contribution is 0.912. The zero-order valence-corrected chi connectivity index (χ0v) is 10.00. The molecule has 0 aliphatic carbocycles. The maximum absolute atomic E-state index is 4.29. The quantitative estimate of drug-likeness (QED) is 0.691. The van der Waals surface area contributed by atoms with E-state index in [0.29, 0.717) is 0 Å². The predicted octanol–water partition coefficient (Wildman–Crippen LogP) is 2.40. The Morgan fingerprint density at radius 1 is 1.58 bits per heavy atom. The summed E-state index contributed by atoms with van der Waals surface area (Å²) >= 11 is 5.59. The molecule has 0 unspecified atom stereocenters. The van der Waals surface area contributed by atoms with Crippen LogP contribution >= 0.6 is 38.5 Å². The van der Waals surface area contributed by atoms with E-state index in [-0.39, 0.29) is 0 Å². The van der Waals surface area contributed by atoms with Crippen molar-refractivity contribution in [2.45, 2.75) is 6.92 Å². The second-order valence-corrected chi connectivity index (χ2v) is 4.43. The second kappa shape index (κ2) is 2.95. The average Bonchev–Trinajstić information content (AvgIpc) is 2.28. The van der Waals surface area contributed by atoms with E-state index in [1.807, 2.05) is 13.1 Å². The Bertz CT molecular complexity index is 437. The van der Waals surface area contributed by atoms with Gasteiger partial charge in [0.05, 0.1) is 13.7 Å². The van der Waals surface area contributed by atoms with E-state index < -0.39 is 0 Å². The fourth-order valence-corrected chi connectivity index (χ4v) is 1.78. The van der Waals surface area contributed by atoms with Crippen LogP contribution in [0.5, 0.6) is 0 Å². The Morgan fingerprint density at radius 3 is 3.08 bits per heavy atom. The number of aryl methyl sites for hydroxylation is 1. The summed E-state index contributed by atoms with van der Waals surface area (Å²) in [6.07, 6.45) is 3.68. The molecular formula is C7H5BrIN3. The summed E-state index contributed by atoms with van der Waals surface area (Å²) in [5.41, 5.74) is 1.93. The highest BCUT2D eigenvalue weighted by Crippen LogP contribution is 2.17. The molecule has 0 atom stereocenters. The number of nitrogens with zero attached hydrogens (tertiary/aromatic N) is 3. The number of rotatable bonds is 0. The standard InChI is InChI=1S/C7H5BrIN3/c1-4-6(9)7-10-2-5(8)3-12(7)11-4/h2-3H,1H3. The summed E-state index contributed by atoms with van der Waals surface area (Å²) in [6, 6.07) is 0. The highest BCUT2D eigenvalue weighted by Gasteiger charge is 2.06. The van der Waals surface area contributed by atoms with E-state index in [2.05, 4.69) is 48.6 Å². The van der Waals surface area contributed by atoms with Gasteiger partial charge >= 0.3 is 0 Å². The van der Waals surface area contributed by atoms with Crippen LogP contribution in [0.15, 0.2) is 16.9 Å². The van der Waals surface area contributed by atoms with Crippen LogP contribution in [-0.4, -0.2) is 14.6 Å². The van der Waals surface area contributed by atoms with Gasteiger partial charge in [0.2, 0.25) is 0 Å². The molecule has 0 amide bonds. The Labute approximate surface area is 91.5 Å². The second-order valence-electron chi connectivity index (χ2n) is 2.44. The summed E-state index contributed by atoms with van der Waals surface area (Å²) in [6.45, 7) is 1.98. The first-order chi connectivity index (χ1) is 5.68. The van der Waals surface area contributed by atoms with Crippen LogP contribution in [0.3, 0.4) is 0 Å². The fraction of sp³-hybridized carbons (Fsp3) is 0.143. The first-order valence-electron chi connectivity index (χ1n) is 3.34. The number of fused-ring (bicyclic) bond motifs is 1. The lowest BCUT2D eigenvalue weighted by Crippen LogP contribution is -1.88. The maximum atomic E-state index is 4.29. The summed E-state index contributed by atoms with van der Waals surface area (Å²) in [5, 5.41) is 4.29. The normalized spacial score (nSPS) is 10.9. The Balaban J connectivity index is 2.87. The number of aromatic nitrogens is 3. The van der Waals surface area contributed by atoms with Crippen LogP contribution in [0.25, 0.3) is 5.65 Å². The van der Waals surface area contributed by atoms with Crippen LogP contribution in [0.4, 0.5) is 0 Å². The van der Waals surface area contributed by atoms with Crippen molar-refractivity contribution in [1.29, 1.82) is 0 Å². The van der Waals surface area contributed by atoms with Crippen molar-refractivity contribution >= 4 is 44.2 Å².